The fourth-order valence-electron chi connectivity index (χ4n) is 3.21. The molecule has 0 unspecified atom stereocenters. The van der Waals surface area contributed by atoms with Crippen LogP contribution in [0.25, 0.3) is 10.8 Å². The van der Waals surface area contributed by atoms with Crippen molar-refractivity contribution in [1.82, 2.24) is 15.4 Å². The highest BCUT2D eigenvalue weighted by Crippen LogP contribution is 2.20. The first kappa shape index (κ1) is 20.9. The second-order valence-corrected chi connectivity index (χ2v) is 7.17. The second kappa shape index (κ2) is 9.61. The highest BCUT2D eigenvalue weighted by atomic mass is 16.5. The lowest BCUT2D eigenvalue weighted by Gasteiger charge is -2.11. The van der Waals surface area contributed by atoms with Crippen molar-refractivity contribution >= 4 is 22.6 Å². The summed E-state index contributed by atoms with van der Waals surface area (Å²) in [7, 11) is 0. The summed E-state index contributed by atoms with van der Waals surface area (Å²) in [6, 6.07) is 25.6. The van der Waals surface area contributed by atoms with Crippen molar-refractivity contribution < 1.29 is 14.3 Å². The SMILES string of the molecule is O=C(COc1ccc2ccccc2c1)NNC(=O)c1ccc(=O)n(Cc2ccccc2)c1. The zero-order chi connectivity index (χ0) is 22.3. The van der Waals surface area contributed by atoms with E-state index in [0.29, 0.717) is 12.3 Å². The van der Waals surface area contributed by atoms with E-state index in [0.717, 1.165) is 16.3 Å². The third-order valence-corrected chi connectivity index (χ3v) is 4.85. The Morgan fingerprint density at radius 3 is 2.38 bits per heavy atom. The summed E-state index contributed by atoms with van der Waals surface area (Å²) in [6.07, 6.45) is 1.46. The number of nitrogens with one attached hydrogen (secondary N) is 2. The maximum atomic E-state index is 12.4. The molecule has 3 aromatic carbocycles. The lowest BCUT2D eigenvalue weighted by atomic mass is 10.1. The molecule has 0 aliphatic rings. The molecule has 0 aliphatic heterocycles. The van der Waals surface area contributed by atoms with E-state index in [-0.39, 0.29) is 17.7 Å². The standard InChI is InChI=1S/C25H21N3O4/c29-23(17-32-22-12-10-19-8-4-5-9-20(19)14-22)26-27-25(31)21-11-13-24(30)28(16-21)15-18-6-2-1-3-7-18/h1-14,16H,15,17H2,(H,26,29)(H,27,31). The number of pyridine rings is 1. The lowest BCUT2D eigenvalue weighted by molar-refractivity contribution is -0.123. The van der Waals surface area contributed by atoms with Crippen LogP contribution in [0.15, 0.2) is 95.9 Å². The molecule has 0 radical (unpaired) electrons. The van der Waals surface area contributed by atoms with Crippen LogP contribution in [0.4, 0.5) is 0 Å². The number of carbonyl (C=O) groups is 2. The van der Waals surface area contributed by atoms with Crippen LogP contribution in [0.1, 0.15) is 15.9 Å². The Hall–Kier alpha value is -4.39. The third-order valence-electron chi connectivity index (χ3n) is 4.85. The van der Waals surface area contributed by atoms with Gasteiger partial charge in [-0.15, -0.1) is 0 Å². The first-order valence-corrected chi connectivity index (χ1v) is 10.0. The maximum Gasteiger partial charge on any atom is 0.276 e. The number of hydrazine groups is 1. The Kier molecular flexibility index (Phi) is 6.27. The van der Waals surface area contributed by atoms with Gasteiger partial charge in [0.15, 0.2) is 6.61 Å². The number of rotatable bonds is 6. The second-order valence-electron chi connectivity index (χ2n) is 7.17. The van der Waals surface area contributed by atoms with Crippen LogP contribution in [0, 0.1) is 0 Å². The summed E-state index contributed by atoms with van der Waals surface area (Å²) in [4.78, 5) is 36.6. The predicted molar refractivity (Wildman–Crippen MR) is 121 cm³/mol. The molecule has 0 spiro atoms. The molecule has 2 amide bonds. The molecule has 0 aliphatic carbocycles. The van der Waals surface area contributed by atoms with Crippen molar-refractivity contribution in [2.75, 3.05) is 6.61 Å². The summed E-state index contributed by atoms with van der Waals surface area (Å²) in [5, 5.41) is 2.08. The van der Waals surface area contributed by atoms with Crippen LogP contribution in [0.5, 0.6) is 5.75 Å². The van der Waals surface area contributed by atoms with Gasteiger partial charge in [0.05, 0.1) is 12.1 Å². The molecule has 0 saturated carbocycles. The Morgan fingerprint density at radius 2 is 1.56 bits per heavy atom. The van der Waals surface area contributed by atoms with Crippen molar-refractivity contribution in [3.8, 4) is 5.75 Å². The van der Waals surface area contributed by atoms with Crippen molar-refractivity contribution in [1.29, 1.82) is 0 Å². The minimum Gasteiger partial charge on any atom is -0.484 e. The van der Waals surface area contributed by atoms with E-state index in [2.05, 4.69) is 10.9 Å². The van der Waals surface area contributed by atoms with Gasteiger partial charge in [-0.3, -0.25) is 25.2 Å². The van der Waals surface area contributed by atoms with Gasteiger partial charge in [0.25, 0.3) is 17.4 Å². The van der Waals surface area contributed by atoms with Crippen LogP contribution in [0.3, 0.4) is 0 Å². The van der Waals surface area contributed by atoms with Gasteiger partial charge < -0.3 is 9.30 Å². The van der Waals surface area contributed by atoms with E-state index in [1.807, 2.05) is 66.7 Å². The fraction of sp³-hybridized carbons (Fsp3) is 0.0800. The summed E-state index contributed by atoms with van der Waals surface area (Å²) >= 11 is 0. The van der Waals surface area contributed by atoms with Crippen LogP contribution in [0.2, 0.25) is 0 Å². The van der Waals surface area contributed by atoms with E-state index in [9.17, 15) is 14.4 Å². The average molecular weight is 427 g/mol. The zero-order valence-electron chi connectivity index (χ0n) is 17.2. The van der Waals surface area contributed by atoms with Gasteiger partial charge in [-0.1, -0.05) is 60.7 Å². The van der Waals surface area contributed by atoms with Gasteiger partial charge >= 0.3 is 0 Å². The lowest BCUT2D eigenvalue weighted by Crippen LogP contribution is -2.44. The maximum absolute atomic E-state index is 12.4. The zero-order valence-corrected chi connectivity index (χ0v) is 17.2. The predicted octanol–water partition coefficient (Wildman–Crippen LogP) is 2.89. The number of hydrogen-bond acceptors (Lipinski definition) is 4. The minimum atomic E-state index is -0.536. The topological polar surface area (TPSA) is 89.4 Å². The molecule has 0 saturated heterocycles. The Balaban J connectivity index is 1.32. The van der Waals surface area contributed by atoms with Crippen LogP contribution >= 0.6 is 0 Å². The van der Waals surface area contributed by atoms with E-state index in [1.54, 1.807) is 6.07 Å². The molecule has 0 bridgehead atoms. The molecule has 7 nitrogen and oxygen atoms in total. The minimum absolute atomic E-state index is 0.224. The largest absolute Gasteiger partial charge is 0.484 e. The van der Waals surface area contributed by atoms with Gasteiger partial charge in [-0.05, 0) is 34.5 Å². The molecule has 4 rings (SSSR count). The first-order chi connectivity index (χ1) is 15.6. The van der Waals surface area contributed by atoms with Crippen molar-refractivity contribution in [3.63, 3.8) is 0 Å². The first-order valence-electron chi connectivity index (χ1n) is 10.0. The highest BCUT2D eigenvalue weighted by molar-refractivity contribution is 5.95. The van der Waals surface area contributed by atoms with Crippen LogP contribution in [-0.2, 0) is 11.3 Å². The van der Waals surface area contributed by atoms with Gasteiger partial charge in [0, 0.05) is 12.3 Å². The van der Waals surface area contributed by atoms with Crippen molar-refractivity contribution in [2.45, 2.75) is 6.54 Å². The Labute approximate surface area is 184 Å². The highest BCUT2D eigenvalue weighted by Gasteiger charge is 2.10. The number of ether oxygens (including phenoxy) is 1. The Bertz CT molecular complexity index is 1320. The molecule has 0 atom stereocenters. The van der Waals surface area contributed by atoms with Gasteiger partial charge in [-0.25, -0.2) is 0 Å². The van der Waals surface area contributed by atoms with E-state index >= 15 is 0 Å². The van der Waals surface area contributed by atoms with Gasteiger partial charge in [0.2, 0.25) is 0 Å². The Morgan fingerprint density at radius 1 is 0.812 bits per heavy atom. The van der Waals surface area contributed by atoms with E-state index in [4.69, 9.17) is 4.74 Å². The van der Waals surface area contributed by atoms with Gasteiger partial charge in [-0.2, -0.15) is 0 Å². The molecule has 1 heterocycles. The number of nitrogens with zero attached hydrogens (tertiary/aromatic N) is 1. The third kappa shape index (κ3) is 5.20. The molecule has 0 fully saturated rings. The smallest absolute Gasteiger partial charge is 0.276 e. The molecular weight excluding hydrogens is 406 g/mol. The molecule has 7 heteroatoms. The van der Waals surface area contributed by atoms with E-state index < -0.39 is 11.8 Å². The van der Waals surface area contributed by atoms with Crippen LogP contribution in [-0.4, -0.2) is 23.0 Å². The molecule has 160 valence electrons. The number of fused-ring (bicyclic) bond motifs is 1. The number of amides is 2. The van der Waals surface area contributed by atoms with E-state index in [1.165, 1.54) is 22.9 Å². The normalized spacial score (nSPS) is 10.5. The van der Waals surface area contributed by atoms with Crippen molar-refractivity contribution in [3.05, 3.63) is 113 Å². The summed E-state index contributed by atoms with van der Waals surface area (Å²) in [5.41, 5.74) is 5.62. The summed E-state index contributed by atoms with van der Waals surface area (Å²) < 4.78 is 6.95. The number of hydrogen-bond donors (Lipinski definition) is 2. The summed E-state index contributed by atoms with van der Waals surface area (Å²) in [5.74, 6) is -0.492. The number of benzene rings is 3. The van der Waals surface area contributed by atoms with Crippen LogP contribution < -0.4 is 21.1 Å². The quantitative estimate of drug-likeness (QED) is 0.463. The van der Waals surface area contributed by atoms with Gasteiger partial charge in [0.1, 0.15) is 5.75 Å². The molecule has 1 aromatic heterocycles. The number of carbonyl (C=O) groups excluding carboxylic acids is 2. The molecule has 4 aromatic rings. The summed E-state index contributed by atoms with van der Waals surface area (Å²) in [6.45, 7) is 0.0822. The number of aromatic nitrogens is 1. The molecule has 2 N–H and O–H groups in total. The van der Waals surface area contributed by atoms with Crippen molar-refractivity contribution in [2.24, 2.45) is 0 Å². The molecule has 32 heavy (non-hydrogen) atoms. The monoisotopic (exact) mass is 427 g/mol. The average Bonchev–Trinajstić information content (AvgIpc) is 2.83. The fourth-order valence-corrected chi connectivity index (χ4v) is 3.21. The molecular formula is C25H21N3O4.